The highest BCUT2D eigenvalue weighted by Gasteiger charge is 2.51. The van der Waals surface area contributed by atoms with Crippen molar-refractivity contribution in [3.63, 3.8) is 0 Å². The van der Waals surface area contributed by atoms with Gasteiger partial charge in [0.25, 0.3) is 5.56 Å². The zero-order valence-electron chi connectivity index (χ0n) is 20.2. The average Bonchev–Trinajstić information content (AvgIpc) is 3.27. The van der Waals surface area contributed by atoms with Crippen molar-refractivity contribution in [2.75, 3.05) is 18.9 Å². The predicted molar refractivity (Wildman–Crippen MR) is 126 cm³/mol. The summed E-state index contributed by atoms with van der Waals surface area (Å²) in [5.41, 5.74) is 4.91. The monoisotopic (exact) mass is 508 g/mol. The molecule has 2 heterocycles. The van der Waals surface area contributed by atoms with Crippen molar-refractivity contribution in [1.29, 1.82) is 0 Å². The highest BCUT2D eigenvalue weighted by atomic mass is 31.1. The van der Waals surface area contributed by atoms with Crippen LogP contribution in [0.25, 0.3) is 17.4 Å². The lowest BCUT2D eigenvalue weighted by Crippen LogP contribution is -2.47. The minimum atomic E-state index is -0.928. The van der Waals surface area contributed by atoms with Crippen LogP contribution < -0.4 is 16.6 Å². The van der Waals surface area contributed by atoms with Gasteiger partial charge in [0.2, 0.25) is 5.95 Å². The fourth-order valence-corrected chi connectivity index (χ4v) is 3.72. The number of nitrogens with two attached hydrogens (primary N) is 1. The van der Waals surface area contributed by atoms with Gasteiger partial charge in [0.05, 0.1) is 12.0 Å². The van der Waals surface area contributed by atoms with Gasteiger partial charge in [0.15, 0.2) is 11.2 Å². The van der Waals surface area contributed by atoms with Crippen LogP contribution in [-0.2, 0) is 23.4 Å². The Morgan fingerprint density at radius 2 is 2.09 bits per heavy atom. The summed E-state index contributed by atoms with van der Waals surface area (Å²) in [4.78, 5) is 47.5. The van der Waals surface area contributed by atoms with Crippen LogP contribution in [-0.4, -0.2) is 56.4 Å². The molecule has 2 aromatic heterocycles. The largest absolute Gasteiger partial charge is 0.463 e. The van der Waals surface area contributed by atoms with Crippen molar-refractivity contribution in [3.8, 4) is 0 Å². The predicted octanol–water partition coefficient (Wildman–Crippen LogP) is 2.25. The smallest absolute Gasteiger partial charge is 0.408 e. The number of hydrogen-bond donors (Lipinski definition) is 3. The Balaban J connectivity index is 1.75. The molecule has 1 amide bonds. The standard InChI is InChI=1S/C21H29N6O7P/c1-11(2)13(24-19(30)34-20(3,4)5)17(29)32-8-21(9-33-35-31)6-12(21)7-27-10-23-14-15(27)25-18(22)26-16(14)28/h7,10-11,13H,6,8-9H2,1-5H3,(H,24,30)(H3,22,25,26,28)/b12-7-/t13-,21?/m0/s1. The van der Waals surface area contributed by atoms with Gasteiger partial charge in [-0.05, 0) is 38.7 Å². The molecule has 2 atom stereocenters. The normalized spacial score (nSPS) is 19.8. The SMILES string of the molecule is CC(C)[C@H](NC(=O)OC(C)(C)C)C(=O)OCC1(COP=O)C/C1=C/n1cnc2c(=O)[nH]c(N)nc21. The Morgan fingerprint density at radius 1 is 1.37 bits per heavy atom. The van der Waals surface area contributed by atoms with Gasteiger partial charge in [-0.3, -0.25) is 18.9 Å². The van der Waals surface area contributed by atoms with E-state index in [1.165, 1.54) is 10.9 Å². The zero-order chi connectivity index (χ0) is 26.0. The quantitative estimate of drug-likeness (QED) is 0.336. The van der Waals surface area contributed by atoms with Crippen molar-refractivity contribution < 1.29 is 28.2 Å². The molecule has 0 aromatic carbocycles. The van der Waals surface area contributed by atoms with Crippen molar-refractivity contribution in [3.05, 3.63) is 22.3 Å². The van der Waals surface area contributed by atoms with E-state index >= 15 is 0 Å². The maximum atomic E-state index is 12.8. The first-order valence-electron chi connectivity index (χ1n) is 10.9. The number of hydrogen-bond acceptors (Lipinski definition) is 10. The molecule has 0 spiro atoms. The van der Waals surface area contributed by atoms with Gasteiger partial charge in [-0.15, -0.1) is 0 Å². The van der Waals surface area contributed by atoms with Gasteiger partial charge in [0, 0.05) is 6.20 Å². The molecule has 35 heavy (non-hydrogen) atoms. The number of fused-ring (bicyclic) bond motifs is 1. The number of rotatable bonds is 9. The fraction of sp³-hybridized carbons (Fsp3) is 0.571. The van der Waals surface area contributed by atoms with Gasteiger partial charge >= 0.3 is 20.7 Å². The van der Waals surface area contributed by atoms with Crippen molar-refractivity contribution in [2.45, 2.75) is 52.7 Å². The van der Waals surface area contributed by atoms with Crippen molar-refractivity contribution in [2.24, 2.45) is 11.3 Å². The summed E-state index contributed by atoms with van der Waals surface area (Å²) in [5.74, 6) is -0.946. The van der Waals surface area contributed by atoms with Gasteiger partial charge < -0.3 is 20.5 Å². The first-order chi connectivity index (χ1) is 16.3. The first kappa shape index (κ1) is 26.3. The number of amides is 1. The van der Waals surface area contributed by atoms with E-state index < -0.39 is 43.4 Å². The number of carbonyl (C=O) groups is 2. The number of nitrogens with one attached hydrogen (secondary N) is 2. The van der Waals surface area contributed by atoms with Gasteiger partial charge in [-0.25, -0.2) is 19.1 Å². The third-order valence-corrected chi connectivity index (χ3v) is 5.54. The number of nitrogens with zero attached hydrogens (tertiary/aromatic N) is 3. The minimum absolute atomic E-state index is 0.0196. The fourth-order valence-electron chi connectivity index (χ4n) is 3.42. The lowest BCUT2D eigenvalue weighted by atomic mass is 10.0. The number of aromatic nitrogens is 4. The summed E-state index contributed by atoms with van der Waals surface area (Å²) in [6.07, 6.45) is 2.86. The van der Waals surface area contributed by atoms with Gasteiger partial charge in [-0.2, -0.15) is 4.98 Å². The van der Waals surface area contributed by atoms with Crippen LogP contribution in [0.3, 0.4) is 0 Å². The highest BCUT2D eigenvalue weighted by molar-refractivity contribution is 7.17. The van der Waals surface area contributed by atoms with Crippen LogP contribution in [0, 0.1) is 11.3 Å². The van der Waals surface area contributed by atoms with Crippen LogP contribution in [0.1, 0.15) is 41.0 Å². The summed E-state index contributed by atoms with van der Waals surface area (Å²) < 4.78 is 28.3. The van der Waals surface area contributed by atoms with E-state index in [1.54, 1.807) is 40.8 Å². The van der Waals surface area contributed by atoms with Crippen molar-refractivity contribution >= 4 is 44.1 Å². The summed E-state index contributed by atoms with van der Waals surface area (Å²) in [6.45, 7) is 8.65. The molecule has 1 aliphatic carbocycles. The van der Waals surface area contributed by atoms with Gasteiger partial charge in [0.1, 0.15) is 24.6 Å². The molecule has 0 saturated heterocycles. The number of esters is 1. The second-order valence-corrected chi connectivity index (χ2v) is 10.1. The van der Waals surface area contributed by atoms with Crippen molar-refractivity contribution in [1.82, 2.24) is 24.8 Å². The maximum absolute atomic E-state index is 12.8. The molecular weight excluding hydrogens is 479 g/mol. The first-order valence-corrected chi connectivity index (χ1v) is 11.6. The van der Waals surface area contributed by atoms with Crippen LogP contribution in [0.5, 0.6) is 0 Å². The third kappa shape index (κ3) is 6.43. The van der Waals surface area contributed by atoms with Crippen LogP contribution in [0.2, 0.25) is 0 Å². The van der Waals surface area contributed by atoms with Crippen LogP contribution in [0.4, 0.5) is 10.7 Å². The third-order valence-electron chi connectivity index (χ3n) is 5.31. The molecular formula is C21H29N6O7P. The lowest BCUT2D eigenvalue weighted by Gasteiger charge is -2.25. The second-order valence-electron chi connectivity index (χ2n) is 9.71. The van der Waals surface area contributed by atoms with E-state index in [0.29, 0.717) is 6.42 Å². The molecule has 2 aromatic rings. The summed E-state index contributed by atoms with van der Waals surface area (Å²) in [7, 11) is -0.514. The number of nitrogen functional groups attached to an aromatic ring is 1. The lowest BCUT2D eigenvalue weighted by molar-refractivity contribution is -0.149. The van der Waals surface area contributed by atoms with E-state index in [-0.39, 0.29) is 36.2 Å². The molecule has 0 aliphatic heterocycles. The summed E-state index contributed by atoms with van der Waals surface area (Å²) in [5, 5.41) is 2.55. The van der Waals surface area contributed by atoms with E-state index in [1.807, 2.05) is 0 Å². The number of ether oxygens (including phenoxy) is 2. The molecule has 13 nitrogen and oxygen atoms in total. The second kappa shape index (κ2) is 10.1. The maximum Gasteiger partial charge on any atom is 0.408 e. The van der Waals surface area contributed by atoms with Crippen LogP contribution >= 0.6 is 8.69 Å². The number of alkyl carbamates (subject to hydrolysis) is 1. The van der Waals surface area contributed by atoms with Crippen LogP contribution in [0.15, 0.2) is 16.7 Å². The molecule has 1 aliphatic rings. The molecule has 14 heteroatoms. The Labute approximate surface area is 202 Å². The number of anilines is 1. The average molecular weight is 508 g/mol. The number of H-pyrrole nitrogens is 1. The molecule has 1 fully saturated rings. The number of imidazole rings is 1. The highest BCUT2D eigenvalue weighted by Crippen LogP contribution is 2.53. The minimum Gasteiger partial charge on any atom is -0.463 e. The Hall–Kier alpha value is -3.31. The topological polar surface area (TPSA) is 181 Å². The molecule has 0 bridgehead atoms. The summed E-state index contributed by atoms with van der Waals surface area (Å²) in [6, 6.07) is -0.928. The number of carbonyl (C=O) groups excluding carboxylic acids is 2. The molecule has 0 radical (unpaired) electrons. The molecule has 3 rings (SSSR count). The Kier molecular flexibility index (Phi) is 7.61. The van der Waals surface area contributed by atoms with E-state index in [0.717, 1.165) is 5.57 Å². The molecule has 1 unspecified atom stereocenters. The molecule has 4 N–H and O–H groups in total. The Bertz CT molecular complexity index is 1210. The zero-order valence-corrected chi connectivity index (χ0v) is 21.0. The summed E-state index contributed by atoms with van der Waals surface area (Å²) >= 11 is 0. The molecule has 1 saturated carbocycles. The van der Waals surface area contributed by atoms with E-state index in [4.69, 9.17) is 19.7 Å². The molecule has 190 valence electrons. The Morgan fingerprint density at radius 3 is 2.71 bits per heavy atom. The van der Waals surface area contributed by atoms with Gasteiger partial charge in [-0.1, -0.05) is 13.8 Å². The van der Waals surface area contributed by atoms with E-state index in [2.05, 4.69) is 20.3 Å². The van der Waals surface area contributed by atoms with E-state index in [9.17, 15) is 18.9 Å². The number of aromatic amines is 1.